The first-order valence-electron chi connectivity index (χ1n) is 7.18. The quantitative estimate of drug-likeness (QED) is 0.618. The van der Waals surface area contributed by atoms with Crippen molar-refractivity contribution in [3.05, 3.63) is 35.9 Å². The molecular formula is C16H21NO5. The van der Waals surface area contributed by atoms with Crippen LogP contribution in [-0.2, 0) is 19.1 Å². The second-order valence-corrected chi connectivity index (χ2v) is 5.38. The molecule has 2 N–H and O–H groups in total. The first-order chi connectivity index (χ1) is 10.6. The SMILES string of the molecule is COC(=O)C1(C(=O)OC)C[C@H](CCO)N[C@@H]1c1ccccc1. The highest BCUT2D eigenvalue weighted by Crippen LogP contribution is 2.46. The molecule has 0 spiro atoms. The Balaban J connectivity index is 2.49. The van der Waals surface area contributed by atoms with Gasteiger partial charge in [0.05, 0.1) is 20.3 Å². The standard InChI is InChI=1S/C16H21NO5/c1-21-14(19)16(15(20)22-2)10-12(8-9-18)17-13(16)11-6-4-3-5-7-11/h3-7,12-13,17-18H,8-10H2,1-2H3/t12-,13+/m0/s1. The van der Waals surface area contributed by atoms with Gasteiger partial charge in [0, 0.05) is 12.6 Å². The Morgan fingerprint density at radius 2 is 1.82 bits per heavy atom. The Bertz CT molecular complexity index is 515. The number of aliphatic hydroxyl groups is 1. The zero-order chi connectivity index (χ0) is 16.2. The summed E-state index contributed by atoms with van der Waals surface area (Å²) in [6, 6.07) is 8.52. The number of hydrogen-bond acceptors (Lipinski definition) is 6. The van der Waals surface area contributed by atoms with Crippen LogP contribution in [0.15, 0.2) is 30.3 Å². The van der Waals surface area contributed by atoms with Gasteiger partial charge in [-0.3, -0.25) is 9.59 Å². The monoisotopic (exact) mass is 307 g/mol. The van der Waals surface area contributed by atoms with Crippen molar-refractivity contribution in [3.8, 4) is 0 Å². The van der Waals surface area contributed by atoms with Crippen LogP contribution in [0.2, 0.25) is 0 Å². The summed E-state index contributed by atoms with van der Waals surface area (Å²) >= 11 is 0. The molecule has 0 amide bonds. The van der Waals surface area contributed by atoms with Crippen molar-refractivity contribution in [2.75, 3.05) is 20.8 Å². The molecule has 0 aromatic heterocycles. The zero-order valence-electron chi connectivity index (χ0n) is 12.7. The van der Waals surface area contributed by atoms with Crippen molar-refractivity contribution in [2.45, 2.75) is 24.9 Å². The van der Waals surface area contributed by atoms with Crippen LogP contribution in [0.5, 0.6) is 0 Å². The van der Waals surface area contributed by atoms with Gasteiger partial charge in [-0.1, -0.05) is 30.3 Å². The van der Waals surface area contributed by atoms with Crippen molar-refractivity contribution in [2.24, 2.45) is 5.41 Å². The lowest BCUT2D eigenvalue weighted by Crippen LogP contribution is -2.45. The maximum Gasteiger partial charge on any atom is 0.325 e. The average molecular weight is 307 g/mol. The van der Waals surface area contributed by atoms with Crippen LogP contribution in [0.25, 0.3) is 0 Å². The van der Waals surface area contributed by atoms with E-state index in [1.54, 1.807) is 0 Å². The van der Waals surface area contributed by atoms with Gasteiger partial charge in [-0.2, -0.15) is 0 Å². The molecule has 1 aromatic rings. The number of benzene rings is 1. The summed E-state index contributed by atoms with van der Waals surface area (Å²) in [4.78, 5) is 24.9. The molecule has 1 aliphatic rings. The molecule has 0 bridgehead atoms. The maximum absolute atomic E-state index is 12.4. The van der Waals surface area contributed by atoms with Crippen molar-refractivity contribution < 1.29 is 24.2 Å². The summed E-state index contributed by atoms with van der Waals surface area (Å²) in [6.07, 6.45) is 0.672. The molecular weight excluding hydrogens is 286 g/mol. The van der Waals surface area contributed by atoms with Crippen LogP contribution in [0.4, 0.5) is 0 Å². The Hall–Kier alpha value is -1.92. The van der Waals surface area contributed by atoms with E-state index >= 15 is 0 Å². The third kappa shape index (κ3) is 2.71. The number of aliphatic hydroxyl groups excluding tert-OH is 1. The minimum atomic E-state index is -1.44. The molecule has 120 valence electrons. The second kappa shape index (κ2) is 6.89. The van der Waals surface area contributed by atoms with Gasteiger partial charge in [0.1, 0.15) is 0 Å². The number of nitrogens with one attached hydrogen (secondary N) is 1. The van der Waals surface area contributed by atoms with Gasteiger partial charge < -0.3 is 19.9 Å². The van der Waals surface area contributed by atoms with E-state index < -0.39 is 23.4 Å². The number of esters is 2. The number of carbonyl (C=O) groups excluding carboxylic acids is 2. The lowest BCUT2D eigenvalue weighted by Gasteiger charge is -2.29. The molecule has 2 atom stereocenters. The third-order valence-electron chi connectivity index (χ3n) is 4.17. The van der Waals surface area contributed by atoms with E-state index in [0.29, 0.717) is 6.42 Å². The van der Waals surface area contributed by atoms with Crippen molar-refractivity contribution >= 4 is 11.9 Å². The van der Waals surface area contributed by atoms with Crippen LogP contribution in [0.1, 0.15) is 24.4 Å². The normalized spacial score (nSPS) is 23.0. The molecule has 1 aliphatic heterocycles. The van der Waals surface area contributed by atoms with Crippen LogP contribution in [0, 0.1) is 5.41 Å². The van der Waals surface area contributed by atoms with E-state index in [9.17, 15) is 14.7 Å². The molecule has 6 heteroatoms. The maximum atomic E-state index is 12.4. The van der Waals surface area contributed by atoms with Crippen molar-refractivity contribution in [1.82, 2.24) is 5.32 Å². The molecule has 1 heterocycles. The predicted molar refractivity (Wildman–Crippen MR) is 78.9 cm³/mol. The van der Waals surface area contributed by atoms with E-state index in [4.69, 9.17) is 9.47 Å². The fourth-order valence-corrected chi connectivity index (χ4v) is 3.16. The van der Waals surface area contributed by atoms with E-state index in [-0.39, 0.29) is 19.1 Å². The van der Waals surface area contributed by atoms with Crippen LogP contribution >= 0.6 is 0 Å². The number of carbonyl (C=O) groups is 2. The molecule has 0 unspecified atom stereocenters. The molecule has 1 saturated heterocycles. The smallest absolute Gasteiger partial charge is 0.325 e. The second-order valence-electron chi connectivity index (χ2n) is 5.38. The van der Waals surface area contributed by atoms with Gasteiger partial charge in [0.15, 0.2) is 5.41 Å². The van der Waals surface area contributed by atoms with Gasteiger partial charge in [-0.05, 0) is 18.4 Å². The topological polar surface area (TPSA) is 84.9 Å². The largest absolute Gasteiger partial charge is 0.468 e. The van der Waals surface area contributed by atoms with Gasteiger partial charge >= 0.3 is 11.9 Å². The van der Waals surface area contributed by atoms with Gasteiger partial charge in [-0.25, -0.2) is 0 Å². The summed E-state index contributed by atoms with van der Waals surface area (Å²) in [5, 5.41) is 12.4. The Labute approximate surface area is 129 Å². The Morgan fingerprint density at radius 1 is 1.23 bits per heavy atom. The Kier molecular flexibility index (Phi) is 5.15. The van der Waals surface area contributed by atoms with E-state index in [1.807, 2.05) is 30.3 Å². The Morgan fingerprint density at radius 3 is 2.32 bits per heavy atom. The highest BCUT2D eigenvalue weighted by atomic mass is 16.5. The van der Waals surface area contributed by atoms with Crippen molar-refractivity contribution in [3.63, 3.8) is 0 Å². The lowest BCUT2D eigenvalue weighted by molar-refractivity contribution is -0.170. The molecule has 22 heavy (non-hydrogen) atoms. The van der Waals surface area contributed by atoms with Crippen LogP contribution < -0.4 is 5.32 Å². The van der Waals surface area contributed by atoms with Crippen molar-refractivity contribution in [1.29, 1.82) is 0 Å². The van der Waals surface area contributed by atoms with E-state index in [0.717, 1.165) is 5.56 Å². The van der Waals surface area contributed by atoms with Gasteiger partial charge in [0.25, 0.3) is 0 Å². The fourth-order valence-electron chi connectivity index (χ4n) is 3.16. The minimum Gasteiger partial charge on any atom is -0.468 e. The number of rotatable bonds is 5. The summed E-state index contributed by atoms with van der Waals surface area (Å²) in [7, 11) is 2.52. The summed E-state index contributed by atoms with van der Waals surface area (Å²) in [6.45, 7) is -0.0302. The van der Waals surface area contributed by atoms with Gasteiger partial charge in [-0.15, -0.1) is 0 Å². The molecule has 1 fully saturated rings. The molecule has 0 radical (unpaired) electrons. The molecule has 0 aliphatic carbocycles. The van der Waals surface area contributed by atoms with E-state index in [1.165, 1.54) is 14.2 Å². The number of ether oxygens (including phenoxy) is 2. The molecule has 0 saturated carbocycles. The van der Waals surface area contributed by atoms with Gasteiger partial charge in [0.2, 0.25) is 0 Å². The molecule has 1 aromatic carbocycles. The lowest BCUT2D eigenvalue weighted by atomic mass is 9.76. The molecule has 6 nitrogen and oxygen atoms in total. The molecule has 2 rings (SSSR count). The highest BCUT2D eigenvalue weighted by molar-refractivity contribution is 6.01. The number of methoxy groups -OCH3 is 2. The average Bonchev–Trinajstić information content (AvgIpc) is 2.95. The summed E-state index contributed by atoms with van der Waals surface area (Å²) in [5.74, 6) is -1.25. The zero-order valence-corrected chi connectivity index (χ0v) is 12.7. The minimum absolute atomic E-state index is 0.0302. The van der Waals surface area contributed by atoms with Crippen LogP contribution in [-0.4, -0.2) is 43.9 Å². The summed E-state index contributed by atoms with van der Waals surface area (Å²) in [5.41, 5.74) is -0.635. The van der Waals surface area contributed by atoms with E-state index in [2.05, 4.69) is 5.32 Å². The predicted octanol–water partition coefficient (Wildman–Crippen LogP) is 0.804. The summed E-state index contributed by atoms with van der Waals surface area (Å²) < 4.78 is 9.79. The third-order valence-corrected chi connectivity index (χ3v) is 4.17. The van der Waals surface area contributed by atoms with Crippen LogP contribution in [0.3, 0.4) is 0 Å². The fraction of sp³-hybridized carbons (Fsp3) is 0.500. The number of hydrogen-bond donors (Lipinski definition) is 2. The first kappa shape index (κ1) is 16.5. The highest BCUT2D eigenvalue weighted by Gasteiger charge is 2.60. The first-order valence-corrected chi connectivity index (χ1v) is 7.18.